The van der Waals surface area contributed by atoms with Gasteiger partial charge in [0.25, 0.3) is 0 Å². The van der Waals surface area contributed by atoms with Crippen molar-refractivity contribution in [2.75, 3.05) is 0 Å². The Morgan fingerprint density at radius 2 is 1.89 bits per heavy atom. The van der Waals surface area contributed by atoms with Crippen LogP contribution in [0, 0.1) is 5.82 Å². The molecule has 0 amide bonds. The van der Waals surface area contributed by atoms with Gasteiger partial charge in [-0.3, -0.25) is 0 Å². The summed E-state index contributed by atoms with van der Waals surface area (Å²) >= 11 is 0. The average Bonchev–Trinajstić information content (AvgIpc) is 2.38. The van der Waals surface area contributed by atoms with E-state index in [0.29, 0.717) is 18.1 Å². The van der Waals surface area contributed by atoms with Gasteiger partial charge in [0.1, 0.15) is 11.9 Å². The normalized spacial score (nSPS) is 18.1. The van der Waals surface area contributed by atoms with Gasteiger partial charge in [-0.1, -0.05) is 12.1 Å². The number of hydrogen-bond acceptors (Lipinski definition) is 1. The molecule has 1 aliphatic carbocycles. The molecule has 2 rings (SSSR count). The van der Waals surface area contributed by atoms with Crippen LogP contribution in [0.5, 0.6) is 0 Å². The van der Waals surface area contributed by atoms with Crippen LogP contribution in [0.3, 0.4) is 0 Å². The second-order valence-corrected chi connectivity index (χ2v) is 4.66. The van der Waals surface area contributed by atoms with Gasteiger partial charge in [0.15, 0.2) is 0 Å². The van der Waals surface area contributed by atoms with Crippen molar-refractivity contribution in [3.05, 3.63) is 46.8 Å². The third-order valence-corrected chi connectivity index (χ3v) is 3.29. The van der Waals surface area contributed by atoms with E-state index in [0.717, 1.165) is 31.4 Å². The number of allylic oxidation sites excluding steroid dienone is 1. The third kappa shape index (κ3) is 3.15. The Labute approximate surface area is 108 Å². The maximum atomic E-state index is 13.0. The van der Waals surface area contributed by atoms with Crippen molar-refractivity contribution < 1.29 is 22.7 Å². The lowest BCUT2D eigenvalue weighted by molar-refractivity contribution is -0.139. The molecule has 1 atom stereocenters. The Kier molecular flexibility index (Phi) is 3.94. The first-order valence-electron chi connectivity index (χ1n) is 6.13. The van der Waals surface area contributed by atoms with Crippen LogP contribution in [-0.2, 0) is 6.18 Å². The smallest absolute Gasteiger partial charge is 0.384 e. The van der Waals surface area contributed by atoms with Gasteiger partial charge < -0.3 is 5.11 Å². The molecule has 0 heterocycles. The van der Waals surface area contributed by atoms with Crippen LogP contribution in [0.1, 0.15) is 42.9 Å². The minimum absolute atomic E-state index is 0.276. The molecule has 0 aromatic heterocycles. The SMILES string of the molecule is OC(C1=CCCCC1)c1ccc(F)cc1C(F)(F)F. The standard InChI is InChI=1S/C14H14F4O/c15-10-6-7-11(12(8-10)14(16,17)18)13(19)9-4-2-1-3-5-9/h4,6-8,13,19H,1-3,5H2. The van der Waals surface area contributed by atoms with Gasteiger partial charge >= 0.3 is 6.18 Å². The van der Waals surface area contributed by atoms with Crippen molar-refractivity contribution in [1.29, 1.82) is 0 Å². The molecule has 1 aliphatic rings. The summed E-state index contributed by atoms with van der Waals surface area (Å²) in [7, 11) is 0. The van der Waals surface area contributed by atoms with Crippen molar-refractivity contribution in [1.82, 2.24) is 0 Å². The quantitative estimate of drug-likeness (QED) is 0.627. The molecule has 0 radical (unpaired) electrons. The summed E-state index contributed by atoms with van der Waals surface area (Å²) in [4.78, 5) is 0. The Balaban J connectivity index is 2.41. The average molecular weight is 274 g/mol. The van der Waals surface area contributed by atoms with E-state index in [1.165, 1.54) is 0 Å². The van der Waals surface area contributed by atoms with Gasteiger partial charge in [-0.15, -0.1) is 0 Å². The summed E-state index contributed by atoms with van der Waals surface area (Å²) in [6, 6.07) is 2.39. The van der Waals surface area contributed by atoms with Crippen molar-refractivity contribution in [3.8, 4) is 0 Å². The molecular formula is C14H14F4O. The maximum Gasteiger partial charge on any atom is 0.416 e. The minimum Gasteiger partial charge on any atom is -0.384 e. The van der Waals surface area contributed by atoms with E-state index >= 15 is 0 Å². The molecule has 0 spiro atoms. The zero-order valence-corrected chi connectivity index (χ0v) is 10.2. The summed E-state index contributed by atoms with van der Waals surface area (Å²) in [5.41, 5.74) is -0.795. The lowest BCUT2D eigenvalue weighted by Crippen LogP contribution is -2.14. The molecule has 0 saturated heterocycles. The van der Waals surface area contributed by atoms with Crippen molar-refractivity contribution in [3.63, 3.8) is 0 Å². The predicted octanol–water partition coefficient (Wildman–Crippen LogP) is 4.38. The van der Waals surface area contributed by atoms with E-state index in [9.17, 15) is 22.7 Å². The van der Waals surface area contributed by atoms with Crippen LogP contribution >= 0.6 is 0 Å². The highest BCUT2D eigenvalue weighted by molar-refractivity contribution is 5.36. The van der Waals surface area contributed by atoms with E-state index < -0.39 is 23.7 Å². The van der Waals surface area contributed by atoms with E-state index in [1.54, 1.807) is 6.08 Å². The molecule has 0 bridgehead atoms. The summed E-state index contributed by atoms with van der Waals surface area (Å²) in [6.07, 6.45) is -1.04. The lowest BCUT2D eigenvalue weighted by atomic mass is 9.89. The Morgan fingerprint density at radius 3 is 2.47 bits per heavy atom. The first kappa shape index (κ1) is 14.1. The van der Waals surface area contributed by atoms with Crippen LogP contribution < -0.4 is 0 Å². The van der Waals surface area contributed by atoms with Gasteiger partial charge in [0.2, 0.25) is 0 Å². The molecule has 1 nitrogen and oxygen atoms in total. The number of rotatable bonds is 2. The number of aliphatic hydroxyl groups excluding tert-OH is 1. The second kappa shape index (κ2) is 5.33. The summed E-state index contributed by atoms with van der Waals surface area (Å²) < 4.78 is 51.6. The number of hydrogen-bond donors (Lipinski definition) is 1. The Morgan fingerprint density at radius 1 is 1.16 bits per heavy atom. The van der Waals surface area contributed by atoms with E-state index in [2.05, 4.69) is 0 Å². The van der Waals surface area contributed by atoms with E-state index in [1.807, 2.05) is 0 Å². The zero-order chi connectivity index (χ0) is 14.0. The molecule has 0 aliphatic heterocycles. The first-order valence-corrected chi connectivity index (χ1v) is 6.13. The fraction of sp³-hybridized carbons (Fsp3) is 0.429. The molecule has 104 valence electrons. The van der Waals surface area contributed by atoms with Gasteiger partial charge in [-0.2, -0.15) is 13.2 Å². The molecule has 5 heteroatoms. The van der Waals surface area contributed by atoms with Gasteiger partial charge in [0.05, 0.1) is 5.56 Å². The van der Waals surface area contributed by atoms with E-state index in [-0.39, 0.29) is 5.56 Å². The van der Waals surface area contributed by atoms with Crippen LogP contribution in [0.15, 0.2) is 29.8 Å². The molecule has 1 unspecified atom stereocenters. The van der Waals surface area contributed by atoms with E-state index in [4.69, 9.17) is 0 Å². The Bertz CT molecular complexity index is 491. The van der Waals surface area contributed by atoms with Gasteiger partial charge in [0, 0.05) is 0 Å². The van der Waals surface area contributed by atoms with Crippen molar-refractivity contribution in [2.24, 2.45) is 0 Å². The third-order valence-electron chi connectivity index (χ3n) is 3.29. The molecule has 1 aromatic carbocycles. The lowest BCUT2D eigenvalue weighted by Gasteiger charge is -2.22. The van der Waals surface area contributed by atoms with Crippen LogP contribution in [0.25, 0.3) is 0 Å². The van der Waals surface area contributed by atoms with Gasteiger partial charge in [-0.25, -0.2) is 4.39 Å². The van der Waals surface area contributed by atoms with Crippen LogP contribution in [0.4, 0.5) is 17.6 Å². The molecule has 1 aromatic rings. The van der Waals surface area contributed by atoms with Crippen LogP contribution in [0.2, 0.25) is 0 Å². The fourth-order valence-corrected chi connectivity index (χ4v) is 2.32. The molecular weight excluding hydrogens is 260 g/mol. The summed E-state index contributed by atoms with van der Waals surface area (Å²) in [5, 5.41) is 10.1. The number of halogens is 4. The zero-order valence-electron chi connectivity index (χ0n) is 10.2. The van der Waals surface area contributed by atoms with Crippen molar-refractivity contribution >= 4 is 0 Å². The highest BCUT2D eigenvalue weighted by Crippen LogP contribution is 2.38. The minimum atomic E-state index is -4.67. The monoisotopic (exact) mass is 274 g/mol. The Hall–Kier alpha value is -1.36. The number of alkyl halides is 3. The van der Waals surface area contributed by atoms with Crippen molar-refractivity contribution in [2.45, 2.75) is 38.0 Å². The molecule has 1 N–H and O–H groups in total. The molecule has 0 saturated carbocycles. The highest BCUT2D eigenvalue weighted by Gasteiger charge is 2.36. The first-order chi connectivity index (χ1) is 8.89. The fourth-order valence-electron chi connectivity index (χ4n) is 2.32. The van der Waals surface area contributed by atoms with Gasteiger partial charge in [-0.05, 0) is 49.0 Å². The number of aliphatic hydroxyl groups is 1. The van der Waals surface area contributed by atoms with Crippen LogP contribution in [-0.4, -0.2) is 5.11 Å². The maximum absolute atomic E-state index is 13.0. The topological polar surface area (TPSA) is 20.2 Å². The highest BCUT2D eigenvalue weighted by atomic mass is 19.4. The summed E-state index contributed by atoms with van der Waals surface area (Å²) in [6.45, 7) is 0. The number of benzene rings is 1. The largest absolute Gasteiger partial charge is 0.416 e. The summed E-state index contributed by atoms with van der Waals surface area (Å²) in [5.74, 6) is -0.958. The molecule has 19 heavy (non-hydrogen) atoms. The predicted molar refractivity (Wildman–Crippen MR) is 62.9 cm³/mol. The molecule has 0 fully saturated rings. The second-order valence-electron chi connectivity index (χ2n) is 4.66.